The number of hydrogen-bond donors (Lipinski definition) is 2. The third kappa shape index (κ3) is 2.61. The van der Waals surface area contributed by atoms with Gasteiger partial charge in [0.1, 0.15) is 16.2 Å². The molecule has 0 saturated carbocycles. The normalized spacial score (nSPS) is 12.4. The Kier molecular flexibility index (Phi) is 3.51. The predicted molar refractivity (Wildman–Crippen MR) is 72.2 cm³/mol. The summed E-state index contributed by atoms with van der Waals surface area (Å²) in [5.74, 6) is 1.66. The fourth-order valence-corrected chi connectivity index (χ4v) is 2.28. The second-order valence-corrected chi connectivity index (χ2v) is 4.86. The van der Waals surface area contributed by atoms with E-state index in [1.165, 1.54) is 0 Å². The van der Waals surface area contributed by atoms with Crippen LogP contribution < -0.4 is 11.1 Å². The quantitative estimate of drug-likeness (QED) is 0.847. The van der Waals surface area contributed by atoms with E-state index in [4.69, 9.17) is 10.3 Å². The van der Waals surface area contributed by atoms with Crippen molar-refractivity contribution in [3.05, 3.63) is 27.7 Å². The summed E-state index contributed by atoms with van der Waals surface area (Å²) in [6, 6.07) is 1.64. The lowest BCUT2D eigenvalue weighted by Crippen LogP contribution is -2.11. The van der Waals surface area contributed by atoms with Gasteiger partial charge in [-0.05, 0) is 36.7 Å². The van der Waals surface area contributed by atoms with Gasteiger partial charge in [-0.15, -0.1) is 0 Å². The number of anilines is 2. The molecule has 1 unspecified atom stereocenters. The number of nitrogens with one attached hydrogen (secondary N) is 1. The Bertz CT molecular complexity index is 529. The zero-order chi connectivity index (χ0) is 13.3. The highest BCUT2D eigenvalue weighted by atomic mass is 79.9. The van der Waals surface area contributed by atoms with Crippen molar-refractivity contribution in [3.63, 3.8) is 0 Å². The van der Waals surface area contributed by atoms with Crippen molar-refractivity contribution in [2.45, 2.75) is 26.8 Å². The summed E-state index contributed by atoms with van der Waals surface area (Å²) in [6.07, 6.45) is 0. The van der Waals surface area contributed by atoms with Crippen LogP contribution in [0.4, 0.5) is 11.8 Å². The van der Waals surface area contributed by atoms with Gasteiger partial charge in [0.2, 0.25) is 5.95 Å². The van der Waals surface area contributed by atoms with Crippen molar-refractivity contribution in [2.24, 2.45) is 0 Å². The van der Waals surface area contributed by atoms with E-state index in [1.54, 1.807) is 6.07 Å². The average Bonchev–Trinajstić information content (AvgIpc) is 2.56. The zero-order valence-corrected chi connectivity index (χ0v) is 11.9. The van der Waals surface area contributed by atoms with E-state index >= 15 is 0 Å². The molecule has 2 rings (SSSR count). The van der Waals surface area contributed by atoms with Gasteiger partial charge in [0.25, 0.3) is 0 Å². The van der Waals surface area contributed by atoms with Crippen molar-refractivity contribution in [2.75, 3.05) is 11.1 Å². The molecule has 0 amide bonds. The highest BCUT2D eigenvalue weighted by Crippen LogP contribution is 2.24. The molecule has 0 saturated heterocycles. The number of aryl methyl sites for hydroxylation is 2. The predicted octanol–water partition coefficient (Wildman–Crippen LogP) is 2.60. The Morgan fingerprint density at radius 2 is 2.11 bits per heavy atom. The van der Waals surface area contributed by atoms with E-state index in [9.17, 15) is 0 Å². The molecule has 0 aromatic carbocycles. The highest BCUT2D eigenvalue weighted by molar-refractivity contribution is 9.10. The summed E-state index contributed by atoms with van der Waals surface area (Å²) in [5, 5.41) is 7.10. The van der Waals surface area contributed by atoms with Crippen molar-refractivity contribution in [1.82, 2.24) is 15.1 Å². The molecule has 2 aromatic heterocycles. The lowest BCUT2D eigenvalue weighted by molar-refractivity contribution is 0.392. The van der Waals surface area contributed by atoms with Crippen molar-refractivity contribution < 1.29 is 4.52 Å². The number of nitrogens with zero attached hydrogens (tertiary/aromatic N) is 3. The molecule has 0 aliphatic heterocycles. The SMILES string of the molecule is Cc1noc(C)c1C(C)Nc1nc(N)cc(Br)n1. The maximum absolute atomic E-state index is 5.66. The maximum atomic E-state index is 5.66. The molecule has 0 bridgehead atoms. The number of halogens is 1. The topological polar surface area (TPSA) is 89.9 Å². The minimum Gasteiger partial charge on any atom is -0.383 e. The standard InChI is InChI=1S/C11H14BrN5O/c1-5(10-6(2)17-18-7(10)3)14-11-15-8(12)4-9(13)16-11/h4-5H,1-3H3,(H3,13,14,15,16). The molecule has 6 nitrogen and oxygen atoms in total. The Morgan fingerprint density at radius 1 is 1.39 bits per heavy atom. The van der Waals surface area contributed by atoms with Crippen molar-refractivity contribution in [1.29, 1.82) is 0 Å². The summed E-state index contributed by atoms with van der Waals surface area (Å²) < 4.78 is 5.78. The lowest BCUT2D eigenvalue weighted by atomic mass is 10.1. The van der Waals surface area contributed by atoms with Gasteiger partial charge in [0.05, 0.1) is 11.7 Å². The molecular weight excluding hydrogens is 298 g/mol. The van der Waals surface area contributed by atoms with Crippen LogP contribution in [0.5, 0.6) is 0 Å². The Balaban J connectivity index is 2.24. The maximum Gasteiger partial charge on any atom is 0.226 e. The fourth-order valence-electron chi connectivity index (χ4n) is 1.87. The largest absolute Gasteiger partial charge is 0.383 e. The molecule has 0 aliphatic rings. The van der Waals surface area contributed by atoms with E-state index < -0.39 is 0 Å². The Morgan fingerprint density at radius 3 is 2.67 bits per heavy atom. The molecule has 3 N–H and O–H groups in total. The van der Waals surface area contributed by atoms with Crippen molar-refractivity contribution >= 4 is 27.7 Å². The molecule has 0 aliphatic carbocycles. The average molecular weight is 312 g/mol. The number of rotatable bonds is 3. The van der Waals surface area contributed by atoms with Gasteiger partial charge in [-0.2, -0.15) is 4.98 Å². The van der Waals surface area contributed by atoms with Crippen LogP contribution in [0.25, 0.3) is 0 Å². The first-order valence-corrected chi connectivity index (χ1v) is 6.26. The molecule has 0 spiro atoms. The minimum absolute atomic E-state index is 0.00931. The van der Waals surface area contributed by atoms with Gasteiger partial charge in [0.15, 0.2) is 0 Å². The second-order valence-electron chi connectivity index (χ2n) is 4.04. The lowest BCUT2D eigenvalue weighted by Gasteiger charge is -2.13. The summed E-state index contributed by atoms with van der Waals surface area (Å²) in [4.78, 5) is 8.32. The molecule has 2 heterocycles. The molecule has 2 aromatic rings. The van der Waals surface area contributed by atoms with Gasteiger partial charge in [0, 0.05) is 11.6 Å². The van der Waals surface area contributed by atoms with Crippen LogP contribution in [-0.4, -0.2) is 15.1 Å². The van der Waals surface area contributed by atoms with E-state index in [-0.39, 0.29) is 6.04 Å². The first-order chi connectivity index (χ1) is 8.47. The van der Waals surface area contributed by atoms with Crippen LogP contribution in [-0.2, 0) is 0 Å². The summed E-state index contributed by atoms with van der Waals surface area (Å²) >= 11 is 3.28. The van der Waals surface area contributed by atoms with Gasteiger partial charge < -0.3 is 15.6 Å². The molecule has 96 valence electrons. The zero-order valence-electron chi connectivity index (χ0n) is 10.4. The van der Waals surface area contributed by atoms with Gasteiger partial charge in [-0.3, -0.25) is 0 Å². The highest BCUT2D eigenvalue weighted by Gasteiger charge is 2.17. The summed E-state index contributed by atoms with van der Waals surface area (Å²) in [5.41, 5.74) is 7.53. The third-order valence-corrected chi connectivity index (χ3v) is 2.99. The number of nitrogens with two attached hydrogens (primary N) is 1. The van der Waals surface area contributed by atoms with Gasteiger partial charge in [-0.1, -0.05) is 5.16 Å². The first kappa shape index (κ1) is 12.8. The van der Waals surface area contributed by atoms with Crippen LogP contribution in [0.2, 0.25) is 0 Å². The number of aromatic nitrogens is 3. The van der Waals surface area contributed by atoms with Crippen LogP contribution in [0.15, 0.2) is 15.2 Å². The summed E-state index contributed by atoms with van der Waals surface area (Å²) in [7, 11) is 0. The van der Waals surface area contributed by atoms with E-state index in [0.29, 0.717) is 16.4 Å². The fraction of sp³-hybridized carbons (Fsp3) is 0.364. The van der Waals surface area contributed by atoms with Crippen LogP contribution in [0, 0.1) is 13.8 Å². The molecule has 0 radical (unpaired) electrons. The monoisotopic (exact) mass is 311 g/mol. The summed E-state index contributed by atoms with van der Waals surface area (Å²) in [6.45, 7) is 5.77. The molecule has 18 heavy (non-hydrogen) atoms. The van der Waals surface area contributed by atoms with Crippen LogP contribution >= 0.6 is 15.9 Å². The first-order valence-electron chi connectivity index (χ1n) is 5.46. The van der Waals surface area contributed by atoms with Gasteiger partial charge >= 0.3 is 0 Å². The number of hydrogen-bond acceptors (Lipinski definition) is 6. The van der Waals surface area contributed by atoms with Crippen LogP contribution in [0.1, 0.15) is 30.0 Å². The molecular formula is C11H14BrN5O. The third-order valence-electron chi connectivity index (χ3n) is 2.58. The van der Waals surface area contributed by atoms with Crippen LogP contribution in [0.3, 0.4) is 0 Å². The number of nitrogen functional groups attached to an aromatic ring is 1. The van der Waals surface area contributed by atoms with E-state index in [1.807, 2.05) is 20.8 Å². The molecule has 1 atom stereocenters. The second kappa shape index (κ2) is 4.93. The van der Waals surface area contributed by atoms with E-state index in [0.717, 1.165) is 17.0 Å². The van der Waals surface area contributed by atoms with Crippen molar-refractivity contribution in [3.8, 4) is 0 Å². The molecule has 7 heteroatoms. The minimum atomic E-state index is -0.00931. The molecule has 0 fully saturated rings. The van der Waals surface area contributed by atoms with E-state index in [2.05, 4.69) is 36.4 Å². The smallest absolute Gasteiger partial charge is 0.226 e. The Hall–Kier alpha value is -1.63. The van der Waals surface area contributed by atoms with Gasteiger partial charge in [-0.25, -0.2) is 4.98 Å². The Labute approximate surface area is 113 Å².